The van der Waals surface area contributed by atoms with Crippen LogP contribution in [0.1, 0.15) is 22.7 Å². The average Bonchev–Trinajstić information content (AvgIpc) is 2.97. The lowest BCUT2D eigenvalue weighted by atomic mass is 10.2. The minimum absolute atomic E-state index is 0.268. The molecule has 2 aromatic heterocycles. The van der Waals surface area contributed by atoms with Crippen LogP contribution < -0.4 is 5.32 Å². The maximum Gasteiger partial charge on any atom is 0.0931 e. The monoisotopic (exact) mass is 317 g/mol. The number of nitrogens with one attached hydrogen (secondary N) is 1. The summed E-state index contributed by atoms with van der Waals surface area (Å²) in [6.45, 7) is 2.23. The minimum Gasteiger partial charge on any atom is -0.302 e. The molecule has 0 spiro atoms. The molecule has 0 bridgehead atoms. The maximum absolute atomic E-state index is 6.05. The van der Waals surface area contributed by atoms with Crippen LogP contribution in [0.5, 0.6) is 0 Å². The van der Waals surface area contributed by atoms with E-state index >= 15 is 0 Å². The average molecular weight is 318 g/mol. The van der Waals surface area contributed by atoms with Gasteiger partial charge in [-0.3, -0.25) is 0 Å². The zero-order chi connectivity index (χ0) is 13.0. The molecule has 2 atom stereocenters. The topological polar surface area (TPSA) is 12.0 Å². The normalized spacial score (nSPS) is 14.6. The largest absolute Gasteiger partial charge is 0.302 e. The molecule has 0 saturated carbocycles. The quantitative estimate of drug-likeness (QED) is 0.813. The van der Waals surface area contributed by atoms with Crippen LogP contribution in [0.2, 0.25) is 4.34 Å². The molecule has 5 heteroatoms. The van der Waals surface area contributed by atoms with Gasteiger partial charge in [-0.1, -0.05) is 17.7 Å². The molecule has 0 radical (unpaired) electrons. The van der Waals surface area contributed by atoms with Gasteiger partial charge in [-0.15, -0.1) is 22.7 Å². The van der Waals surface area contributed by atoms with Gasteiger partial charge in [-0.25, -0.2) is 0 Å². The van der Waals surface area contributed by atoms with E-state index in [1.807, 2.05) is 17.8 Å². The van der Waals surface area contributed by atoms with Gasteiger partial charge in [-0.05, 0) is 36.8 Å². The number of halogens is 1. The Morgan fingerprint density at radius 1 is 1.33 bits per heavy atom. The van der Waals surface area contributed by atoms with Crippen molar-refractivity contribution in [3.63, 3.8) is 0 Å². The van der Waals surface area contributed by atoms with Crippen molar-refractivity contribution in [2.75, 3.05) is 12.0 Å². The highest BCUT2D eigenvalue weighted by molar-refractivity contribution is 7.98. The van der Waals surface area contributed by atoms with Crippen molar-refractivity contribution < 1.29 is 0 Å². The molecule has 0 aliphatic carbocycles. The van der Waals surface area contributed by atoms with Crippen LogP contribution in [0.4, 0.5) is 0 Å². The van der Waals surface area contributed by atoms with E-state index in [0.717, 1.165) is 10.1 Å². The molecule has 1 N–H and O–H groups in total. The molecule has 0 aliphatic rings. The second-order valence-corrected chi connectivity index (χ2v) is 7.75. The SMILES string of the molecule is CSCC(C)NC(c1cccs1)c1ccc(Cl)s1. The first kappa shape index (κ1) is 14.4. The fraction of sp³-hybridized carbons (Fsp3) is 0.385. The molecule has 18 heavy (non-hydrogen) atoms. The van der Waals surface area contributed by atoms with Gasteiger partial charge in [0.15, 0.2) is 0 Å². The van der Waals surface area contributed by atoms with Gasteiger partial charge < -0.3 is 5.32 Å². The van der Waals surface area contributed by atoms with E-state index in [1.165, 1.54) is 9.75 Å². The number of thiophene rings is 2. The lowest BCUT2D eigenvalue weighted by Gasteiger charge is -2.21. The molecule has 0 amide bonds. The minimum atomic E-state index is 0.268. The molecule has 0 aliphatic heterocycles. The highest BCUT2D eigenvalue weighted by Gasteiger charge is 2.19. The Bertz CT molecular complexity index is 466. The van der Waals surface area contributed by atoms with Gasteiger partial charge in [0.2, 0.25) is 0 Å². The lowest BCUT2D eigenvalue weighted by molar-refractivity contribution is 0.545. The van der Waals surface area contributed by atoms with Crippen LogP contribution in [-0.2, 0) is 0 Å². The number of hydrogen-bond donors (Lipinski definition) is 1. The van der Waals surface area contributed by atoms with Gasteiger partial charge in [0.05, 0.1) is 10.4 Å². The van der Waals surface area contributed by atoms with Gasteiger partial charge >= 0.3 is 0 Å². The summed E-state index contributed by atoms with van der Waals surface area (Å²) in [6, 6.07) is 9.13. The van der Waals surface area contributed by atoms with Crippen LogP contribution in [0.3, 0.4) is 0 Å². The summed E-state index contributed by atoms with van der Waals surface area (Å²) in [5.41, 5.74) is 0. The predicted octanol–water partition coefficient (Wildman–Crippen LogP) is 4.89. The summed E-state index contributed by atoms with van der Waals surface area (Å²) in [5.74, 6) is 1.11. The summed E-state index contributed by atoms with van der Waals surface area (Å²) in [5, 5.41) is 5.81. The summed E-state index contributed by atoms with van der Waals surface area (Å²) >= 11 is 11.4. The van der Waals surface area contributed by atoms with Gasteiger partial charge in [0.25, 0.3) is 0 Å². The van der Waals surface area contributed by atoms with Gasteiger partial charge in [-0.2, -0.15) is 11.8 Å². The zero-order valence-electron chi connectivity index (χ0n) is 10.4. The van der Waals surface area contributed by atoms with Crippen LogP contribution in [0.15, 0.2) is 29.6 Å². The van der Waals surface area contributed by atoms with Crippen molar-refractivity contribution in [2.45, 2.75) is 19.0 Å². The fourth-order valence-corrected chi connectivity index (χ4v) is 4.44. The van der Waals surface area contributed by atoms with E-state index in [2.05, 4.69) is 42.1 Å². The molecular formula is C13H16ClNS3. The third kappa shape index (κ3) is 3.75. The summed E-state index contributed by atoms with van der Waals surface area (Å²) in [4.78, 5) is 2.64. The second-order valence-electron chi connectivity index (χ2n) is 4.11. The molecule has 0 fully saturated rings. The fourth-order valence-electron chi connectivity index (χ4n) is 1.83. The summed E-state index contributed by atoms with van der Waals surface area (Å²) in [7, 11) is 0. The van der Waals surface area contributed by atoms with Crippen molar-refractivity contribution in [1.82, 2.24) is 5.32 Å². The van der Waals surface area contributed by atoms with Crippen molar-refractivity contribution in [3.05, 3.63) is 43.7 Å². The lowest BCUT2D eigenvalue weighted by Crippen LogP contribution is -2.32. The molecule has 2 heterocycles. The number of hydrogen-bond acceptors (Lipinski definition) is 4. The number of rotatable bonds is 6. The third-order valence-electron chi connectivity index (χ3n) is 2.57. The molecule has 0 saturated heterocycles. The molecule has 2 aromatic rings. The molecular weight excluding hydrogens is 302 g/mol. The van der Waals surface area contributed by atoms with E-state index < -0.39 is 0 Å². The van der Waals surface area contributed by atoms with Crippen LogP contribution in [-0.4, -0.2) is 18.1 Å². The predicted molar refractivity (Wildman–Crippen MR) is 86.5 cm³/mol. The Hall–Kier alpha value is -0.0000000000000000278. The van der Waals surface area contributed by atoms with Crippen molar-refractivity contribution in [2.24, 2.45) is 0 Å². The van der Waals surface area contributed by atoms with E-state index in [1.54, 1.807) is 22.7 Å². The molecule has 0 aromatic carbocycles. The van der Waals surface area contributed by atoms with E-state index in [4.69, 9.17) is 11.6 Å². The second kappa shape index (κ2) is 6.96. The summed E-state index contributed by atoms with van der Waals surface area (Å²) in [6.07, 6.45) is 2.14. The molecule has 1 nitrogen and oxygen atoms in total. The van der Waals surface area contributed by atoms with E-state index in [-0.39, 0.29) is 6.04 Å². The molecule has 98 valence electrons. The zero-order valence-corrected chi connectivity index (χ0v) is 13.6. The van der Waals surface area contributed by atoms with E-state index in [9.17, 15) is 0 Å². The highest BCUT2D eigenvalue weighted by Crippen LogP contribution is 2.33. The Labute approximate surface area is 126 Å². The van der Waals surface area contributed by atoms with Crippen LogP contribution in [0, 0.1) is 0 Å². The van der Waals surface area contributed by atoms with Crippen LogP contribution >= 0.6 is 46.0 Å². The Kier molecular flexibility index (Phi) is 5.57. The van der Waals surface area contributed by atoms with Crippen LogP contribution in [0.25, 0.3) is 0 Å². The van der Waals surface area contributed by atoms with Gasteiger partial charge in [0.1, 0.15) is 0 Å². The Morgan fingerprint density at radius 3 is 2.72 bits per heavy atom. The summed E-state index contributed by atoms with van der Waals surface area (Å²) < 4.78 is 0.853. The Morgan fingerprint density at radius 2 is 2.17 bits per heavy atom. The first-order valence-corrected chi connectivity index (χ1v) is 9.21. The standard InChI is InChI=1S/C13H16ClNS3/c1-9(8-16-2)15-13(10-4-3-7-17-10)11-5-6-12(14)18-11/h3-7,9,13,15H,8H2,1-2H3. The van der Waals surface area contributed by atoms with Crippen molar-refractivity contribution in [1.29, 1.82) is 0 Å². The first-order valence-electron chi connectivity index (χ1n) is 5.74. The first-order chi connectivity index (χ1) is 8.70. The van der Waals surface area contributed by atoms with Gasteiger partial charge in [0, 0.05) is 21.5 Å². The molecule has 2 unspecified atom stereocenters. The van der Waals surface area contributed by atoms with Crippen molar-refractivity contribution >= 4 is 46.0 Å². The van der Waals surface area contributed by atoms with Crippen molar-refractivity contribution in [3.8, 4) is 0 Å². The van der Waals surface area contributed by atoms with E-state index in [0.29, 0.717) is 6.04 Å². The number of thioether (sulfide) groups is 1. The highest BCUT2D eigenvalue weighted by atomic mass is 35.5. The third-order valence-corrected chi connectivity index (χ3v) is 5.64. The smallest absolute Gasteiger partial charge is 0.0931 e. The maximum atomic E-state index is 6.05. The Balaban J connectivity index is 2.18. The molecule has 2 rings (SSSR count).